The molecule has 0 aliphatic heterocycles. The van der Waals surface area contributed by atoms with Gasteiger partial charge in [-0.25, -0.2) is 0 Å². The van der Waals surface area contributed by atoms with Gasteiger partial charge in [-0.2, -0.15) is 0 Å². The Morgan fingerprint density at radius 3 is 2.68 bits per heavy atom. The first kappa shape index (κ1) is 14.8. The fourth-order valence-corrected chi connectivity index (χ4v) is 3.05. The number of nitrogens with one attached hydrogen (secondary N) is 1. The summed E-state index contributed by atoms with van der Waals surface area (Å²) in [6, 6.07) is 15.3. The molecule has 2 aromatic rings. The average molecular weight is 295 g/mol. The Balaban J connectivity index is 1.63. The van der Waals surface area contributed by atoms with Crippen LogP contribution in [0.4, 0.5) is 0 Å². The fourth-order valence-electron chi connectivity index (χ4n) is 3.05. The summed E-state index contributed by atoms with van der Waals surface area (Å²) in [7, 11) is 0. The van der Waals surface area contributed by atoms with Gasteiger partial charge in [0.2, 0.25) is 0 Å². The van der Waals surface area contributed by atoms with E-state index in [-0.39, 0.29) is 23.5 Å². The van der Waals surface area contributed by atoms with Gasteiger partial charge in [0, 0.05) is 24.1 Å². The number of aromatic hydroxyl groups is 1. The first-order valence-corrected chi connectivity index (χ1v) is 7.79. The molecule has 0 bridgehead atoms. The van der Waals surface area contributed by atoms with Gasteiger partial charge in [-0.05, 0) is 43.0 Å². The smallest absolute Gasteiger partial charge is 0.167 e. The first-order chi connectivity index (χ1) is 10.6. The normalized spacial score (nSPS) is 18.8. The van der Waals surface area contributed by atoms with Crippen LogP contribution < -0.4 is 5.32 Å². The summed E-state index contributed by atoms with van der Waals surface area (Å²) >= 11 is 0. The SMILES string of the molecule is CC(NCC1CCc2ccccc2C1=O)c1ccc(O)cc1. The lowest BCUT2D eigenvalue weighted by molar-refractivity contribution is 0.0899. The lowest BCUT2D eigenvalue weighted by Crippen LogP contribution is -2.33. The second-order valence-corrected chi connectivity index (χ2v) is 5.98. The van der Waals surface area contributed by atoms with Crippen LogP contribution >= 0.6 is 0 Å². The quantitative estimate of drug-likeness (QED) is 0.908. The minimum absolute atomic E-state index is 0.0504. The summed E-state index contributed by atoms with van der Waals surface area (Å²) < 4.78 is 0. The molecule has 0 amide bonds. The molecule has 0 aromatic heterocycles. The largest absolute Gasteiger partial charge is 0.508 e. The highest BCUT2D eigenvalue weighted by Gasteiger charge is 2.27. The maximum Gasteiger partial charge on any atom is 0.167 e. The average Bonchev–Trinajstić information content (AvgIpc) is 2.55. The molecule has 22 heavy (non-hydrogen) atoms. The number of carbonyl (C=O) groups is 1. The Bertz CT molecular complexity index is 663. The summed E-state index contributed by atoms with van der Waals surface area (Å²) in [5, 5.41) is 12.8. The van der Waals surface area contributed by atoms with Gasteiger partial charge in [0.05, 0.1) is 0 Å². The number of phenolic OH excluding ortho intramolecular Hbond substituents is 1. The van der Waals surface area contributed by atoms with Crippen molar-refractivity contribution in [1.29, 1.82) is 0 Å². The number of hydrogen-bond acceptors (Lipinski definition) is 3. The monoisotopic (exact) mass is 295 g/mol. The molecule has 0 radical (unpaired) electrons. The van der Waals surface area contributed by atoms with Crippen molar-refractivity contribution in [2.24, 2.45) is 5.92 Å². The molecule has 0 saturated carbocycles. The number of benzene rings is 2. The van der Waals surface area contributed by atoms with Gasteiger partial charge in [0.25, 0.3) is 0 Å². The van der Waals surface area contributed by atoms with E-state index in [1.54, 1.807) is 12.1 Å². The molecule has 2 N–H and O–H groups in total. The van der Waals surface area contributed by atoms with E-state index in [0.29, 0.717) is 6.54 Å². The van der Waals surface area contributed by atoms with Crippen molar-refractivity contribution in [2.75, 3.05) is 6.54 Å². The Morgan fingerprint density at radius 2 is 1.91 bits per heavy atom. The van der Waals surface area contributed by atoms with Crippen LogP contribution in [0.3, 0.4) is 0 Å². The van der Waals surface area contributed by atoms with Crippen LogP contribution in [-0.2, 0) is 6.42 Å². The third-order valence-electron chi connectivity index (χ3n) is 4.48. The zero-order valence-electron chi connectivity index (χ0n) is 12.8. The molecular weight excluding hydrogens is 274 g/mol. The van der Waals surface area contributed by atoms with Crippen molar-refractivity contribution in [2.45, 2.75) is 25.8 Å². The molecule has 3 heteroatoms. The topological polar surface area (TPSA) is 49.3 Å². The van der Waals surface area contributed by atoms with Crippen molar-refractivity contribution in [1.82, 2.24) is 5.32 Å². The summed E-state index contributed by atoms with van der Waals surface area (Å²) in [4.78, 5) is 12.5. The molecule has 2 aromatic carbocycles. The van der Waals surface area contributed by atoms with E-state index in [0.717, 1.165) is 24.0 Å². The molecule has 0 heterocycles. The minimum atomic E-state index is 0.0504. The van der Waals surface area contributed by atoms with Gasteiger partial charge >= 0.3 is 0 Å². The molecule has 3 rings (SSSR count). The van der Waals surface area contributed by atoms with Crippen LogP contribution in [0.5, 0.6) is 5.75 Å². The Morgan fingerprint density at radius 1 is 1.18 bits per heavy atom. The van der Waals surface area contributed by atoms with E-state index in [2.05, 4.69) is 18.3 Å². The third kappa shape index (κ3) is 3.04. The van der Waals surface area contributed by atoms with E-state index >= 15 is 0 Å². The van der Waals surface area contributed by atoms with Gasteiger partial charge in [0.1, 0.15) is 5.75 Å². The van der Waals surface area contributed by atoms with Crippen molar-refractivity contribution in [3.05, 3.63) is 65.2 Å². The van der Waals surface area contributed by atoms with Crippen molar-refractivity contribution in [3.8, 4) is 5.75 Å². The molecule has 2 atom stereocenters. The number of rotatable bonds is 4. The zero-order valence-corrected chi connectivity index (χ0v) is 12.8. The highest BCUT2D eigenvalue weighted by Crippen LogP contribution is 2.25. The highest BCUT2D eigenvalue weighted by molar-refractivity contribution is 6.00. The summed E-state index contributed by atoms with van der Waals surface area (Å²) in [6.45, 7) is 2.77. The van der Waals surface area contributed by atoms with Crippen LogP contribution in [0.1, 0.15) is 40.9 Å². The summed E-state index contributed by atoms with van der Waals surface area (Å²) in [5.74, 6) is 0.580. The summed E-state index contributed by atoms with van der Waals surface area (Å²) in [5.41, 5.74) is 3.18. The molecular formula is C19H21NO2. The van der Waals surface area contributed by atoms with Gasteiger partial charge in [0.15, 0.2) is 5.78 Å². The number of phenols is 1. The number of ketones is 1. The van der Waals surface area contributed by atoms with Gasteiger partial charge in [-0.15, -0.1) is 0 Å². The maximum atomic E-state index is 12.5. The molecule has 0 spiro atoms. The van der Waals surface area contributed by atoms with Crippen molar-refractivity contribution in [3.63, 3.8) is 0 Å². The van der Waals surface area contributed by atoms with E-state index < -0.39 is 0 Å². The fraction of sp³-hybridized carbons (Fsp3) is 0.316. The van der Waals surface area contributed by atoms with Crippen LogP contribution in [-0.4, -0.2) is 17.4 Å². The minimum Gasteiger partial charge on any atom is -0.508 e. The van der Waals surface area contributed by atoms with Gasteiger partial charge < -0.3 is 10.4 Å². The number of fused-ring (bicyclic) bond motifs is 1. The lowest BCUT2D eigenvalue weighted by Gasteiger charge is -2.25. The van der Waals surface area contributed by atoms with E-state index in [9.17, 15) is 9.90 Å². The number of Topliss-reactive ketones (excluding diaryl/α,β-unsaturated/α-hetero) is 1. The zero-order chi connectivity index (χ0) is 15.5. The van der Waals surface area contributed by atoms with Crippen LogP contribution in [0.15, 0.2) is 48.5 Å². The van der Waals surface area contributed by atoms with Crippen molar-refractivity contribution >= 4 is 5.78 Å². The van der Waals surface area contributed by atoms with E-state index in [1.807, 2.05) is 30.3 Å². The molecule has 2 unspecified atom stereocenters. The Kier molecular flexibility index (Phi) is 4.25. The molecule has 0 fully saturated rings. The second kappa shape index (κ2) is 6.32. The standard InChI is InChI=1S/C19H21NO2/c1-13(14-8-10-17(21)11-9-14)20-12-16-7-6-15-4-2-3-5-18(15)19(16)22/h2-5,8-11,13,16,20-21H,6-7,12H2,1H3. The molecule has 114 valence electrons. The molecule has 3 nitrogen and oxygen atoms in total. The second-order valence-electron chi connectivity index (χ2n) is 5.98. The van der Waals surface area contributed by atoms with Gasteiger partial charge in [-0.1, -0.05) is 36.4 Å². The third-order valence-corrected chi connectivity index (χ3v) is 4.48. The molecule has 1 aliphatic carbocycles. The lowest BCUT2D eigenvalue weighted by atomic mass is 9.82. The van der Waals surface area contributed by atoms with E-state index in [1.165, 1.54) is 5.56 Å². The Labute approximate surface area is 131 Å². The maximum absolute atomic E-state index is 12.5. The summed E-state index contributed by atoms with van der Waals surface area (Å²) in [6.07, 6.45) is 1.88. The molecule has 1 aliphatic rings. The predicted octanol–water partition coefficient (Wildman–Crippen LogP) is 3.49. The van der Waals surface area contributed by atoms with E-state index in [4.69, 9.17) is 0 Å². The molecule has 0 saturated heterocycles. The number of hydrogen-bond donors (Lipinski definition) is 2. The number of aryl methyl sites for hydroxylation is 1. The van der Waals surface area contributed by atoms with Gasteiger partial charge in [-0.3, -0.25) is 4.79 Å². The van der Waals surface area contributed by atoms with Crippen LogP contribution in [0.25, 0.3) is 0 Å². The first-order valence-electron chi connectivity index (χ1n) is 7.79. The number of carbonyl (C=O) groups excluding carboxylic acids is 1. The van der Waals surface area contributed by atoms with Crippen LogP contribution in [0, 0.1) is 5.92 Å². The van der Waals surface area contributed by atoms with Crippen LogP contribution in [0.2, 0.25) is 0 Å². The van der Waals surface area contributed by atoms with Crippen molar-refractivity contribution < 1.29 is 9.90 Å². The highest BCUT2D eigenvalue weighted by atomic mass is 16.3. The predicted molar refractivity (Wildman–Crippen MR) is 87.1 cm³/mol. The Hall–Kier alpha value is -2.13.